The monoisotopic (exact) mass is 160 g/mol. The summed E-state index contributed by atoms with van der Waals surface area (Å²) in [6, 6.07) is 4.73. The van der Waals surface area contributed by atoms with E-state index in [0.29, 0.717) is 4.90 Å². The molecule has 1 unspecified atom stereocenters. The van der Waals surface area contributed by atoms with Crippen molar-refractivity contribution in [2.75, 3.05) is 0 Å². The molecule has 0 aliphatic rings. The molecule has 9 heavy (non-hydrogen) atoms. The summed E-state index contributed by atoms with van der Waals surface area (Å²) in [5.41, 5.74) is 0. The van der Waals surface area contributed by atoms with Crippen LogP contribution in [0.3, 0.4) is 0 Å². The van der Waals surface area contributed by atoms with Gasteiger partial charge < -0.3 is 0 Å². The van der Waals surface area contributed by atoms with Gasteiger partial charge in [-0.25, -0.2) is 4.39 Å². The molecular formula is C6H6FPS. The predicted molar refractivity (Wildman–Crippen MR) is 43.0 cm³/mol. The summed E-state index contributed by atoms with van der Waals surface area (Å²) in [7, 11) is 2.47. The topological polar surface area (TPSA) is 0 Å². The Bertz CT molecular complexity index is 224. The molecule has 0 spiro atoms. The second-order valence-corrected chi connectivity index (χ2v) is 2.86. The van der Waals surface area contributed by atoms with E-state index in [4.69, 9.17) is 0 Å². The first-order chi connectivity index (χ1) is 4.20. The van der Waals surface area contributed by atoms with Crippen LogP contribution in [0.2, 0.25) is 0 Å². The lowest BCUT2D eigenvalue weighted by Gasteiger charge is -1.94. The Hall–Kier alpha value is -0.0700. The molecule has 1 aromatic carbocycles. The highest BCUT2D eigenvalue weighted by Crippen LogP contribution is 2.09. The lowest BCUT2D eigenvalue weighted by Crippen LogP contribution is -1.90. The summed E-state index contributed by atoms with van der Waals surface area (Å²) in [4.78, 5) is 0.391. The van der Waals surface area contributed by atoms with Gasteiger partial charge in [-0.1, -0.05) is 6.07 Å². The maximum absolute atomic E-state index is 12.4. The fourth-order valence-electron chi connectivity index (χ4n) is 0.530. The van der Waals surface area contributed by atoms with Crippen molar-refractivity contribution >= 4 is 27.2 Å². The van der Waals surface area contributed by atoms with Gasteiger partial charge >= 0.3 is 0 Å². The summed E-state index contributed by atoms with van der Waals surface area (Å²) >= 11 is 3.88. The van der Waals surface area contributed by atoms with Crippen LogP contribution in [-0.4, -0.2) is 0 Å². The van der Waals surface area contributed by atoms with Crippen LogP contribution in [0.15, 0.2) is 23.1 Å². The van der Waals surface area contributed by atoms with Gasteiger partial charge in [0.05, 0.1) is 0 Å². The van der Waals surface area contributed by atoms with Crippen LogP contribution >= 0.6 is 21.9 Å². The second kappa shape index (κ2) is 2.68. The van der Waals surface area contributed by atoms with E-state index < -0.39 is 0 Å². The highest BCUT2D eigenvalue weighted by Gasteiger charge is 1.94. The Labute approximate surface area is 61.1 Å². The molecule has 0 aliphatic heterocycles. The zero-order chi connectivity index (χ0) is 6.85. The minimum absolute atomic E-state index is 0.274. The highest BCUT2D eigenvalue weighted by molar-refractivity contribution is 7.80. The summed E-state index contributed by atoms with van der Waals surface area (Å²) < 4.78 is 12.4. The highest BCUT2D eigenvalue weighted by atomic mass is 32.1. The van der Waals surface area contributed by atoms with E-state index in [1.807, 2.05) is 0 Å². The zero-order valence-electron chi connectivity index (χ0n) is 4.63. The maximum Gasteiger partial charge on any atom is 0.136 e. The molecule has 0 saturated carbocycles. The van der Waals surface area contributed by atoms with Crippen molar-refractivity contribution in [1.82, 2.24) is 0 Å². The van der Waals surface area contributed by atoms with Gasteiger partial charge in [0.2, 0.25) is 0 Å². The first-order valence-electron chi connectivity index (χ1n) is 2.44. The van der Waals surface area contributed by atoms with Gasteiger partial charge in [-0.15, -0.1) is 21.9 Å². The van der Waals surface area contributed by atoms with Crippen LogP contribution in [-0.2, 0) is 0 Å². The van der Waals surface area contributed by atoms with Crippen molar-refractivity contribution < 1.29 is 4.39 Å². The smallest absolute Gasteiger partial charge is 0.136 e. The molecule has 0 radical (unpaired) electrons. The summed E-state index contributed by atoms with van der Waals surface area (Å²) in [6.07, 6.45) is 0. The Kier molecular flexibility index (Phi) is 2.09. The number of hydrogen-bond acceptors (Lipinski definition) is 1. The molecule has 1 rings (SSSR count). The van der Waals surface area contributed by atoms with Crippen LogP contribution < -0.4 is 5.30 Å². The molecule has 0 aliphatic carbocycles. The van der Waals surface area contributed by atoms with E-state index in [-0.39, 0.29) is 5.82 Å². The van der Waals surface area contributed by atoms with E-state index >= 15 is 0 Å². The number of thiol groups is 1. The molecule has 48 valence electrons. The SMILES string of the molecule is Fc1ccc(P)cc1S. The molecule has 0 heterocycles. The second-order valence-electron chi connectivity index (χ2n) is 1.71. The standard InChI is InChI=1S/C6H6FPS/c7-5-2-1-4(8)3-6(5)9/h1-3,9H,8H2. The normalized spacial score (nSPS) is 9.67. The van der Waals surface area contributed by atoms with Crippen LogP contribution in [0.4, 0.5) is 4.39 Å². The van der Waals surface area contributed by atoms with Crippen molar-refractivity contribution in [3.8, 4) is 0 Å². The summed E-state index contributed by atoms with van der Waals surface area (Å²) in [5.74, 6) is -0.274. The summed E-state index contributed by atoms with van der Waals surface area (Å²) in [5, 5.41) is 0.946. The van der Waals surface area contributed by atoms with Crippen molar-refractivity contribution in [1.29, 1.82) is 0 Å². The molecule has 0 aromatic heterocycles. The average Bonchev–Trinajstić information content (AvgIpc) is 1.80. The molecule has 0 amide bonds. The number of benzene rings is 1. The van der Waals surface area contributed by atoms with Gasteiger partial charge in [0.25, 0.3) is 0 Å². The van der Waals surface area contributed by atoms with Crippen LogP contribution in [0.5, 0.6) is 0 Å². The lowest BCUT2D eigenvalue weighted by atomic mass is 10.3. The predicted octanol–water partition coefficient (Wildman–Crippen LogP) is 1.61. The third-order valence-corrected chi connectivity index (χ3v) is 1.67. The van der Waals surface area contributed by atoms with Gasteiger partial charge in [-0.2, -0.15) is 0 Å². The van der Waals surface area contributed by atoms with Crippen LogP contribution in [0, 0.1) is 5.82 Å². The van der Waals surface area contributed by atoms with Crippen molar-refractivity contribution in [2.24, 2.45) is 0 Å². The molecule has 0 N–H and O–H groups in total. The van der Waals surface area contributed by atoms with Gasteiger partial charge in [0.1, 0.15) is 5.82 Å². The fourth-order valence-corrected chi connectivity index (χ4v) is 1.16. The first kappa shape index (κ1) is 7.04. The van der Waals surface area contributed by atoms with E-state index in [1.165, 1.54) is 6.07 Å². The molecule has 1 atom stereocenters. The van der Waals surface area contributed by atoms with E-state index in [2.05, 4.69) is 21.9 Å². The number of halogens is 1. The summed E-state index contributed by atoms with van der Waals surface area (Å²) in [6.45, 7) is 0. The van der Waals surface area contributed by atoms with Gasteiger partial charge in [-0.05, 0) is 17.4 Å². The minimum atomic E-state index is -0.274. The van der Waals surface area contributed by atoms with Crippen molar-refractivity contribution in [3.05, 3.63) is 24.0 Å². The minimum Gasteiger partial charge on any atom is -0.206 e. The molecule has 0 saturated heterocycles. The largest absolute Gasteiger partial charge is 0.206 e. The van der Waals surface area contributed by atoms with Crippen LogP contribution in [0.1, 0.15) is 0 Å². The van der Waals surface area contributed by atoms with Gasteiger partial charge in [-0.3, -0.25) is 0 Å². The molecule has 1 aromatic rings. The van der Waals surface area contributed by atoms with Gasteiger partial charge in [0.15, 0.2) is 0 Å². The molecule has 0 bridgehead atoms. The average molecular weight is 160 g/mol. The third-order valence-electron chi connectivity index (χ3n) is 0.970. The maximum atomic E-state index is 12.4. The fraction of sp³-hybridized carbons (Fsp3) is 0. The number of hydrogen-bond donors (Lipinski definition) is 1. The van der Waals surface area contributed by atoms with Crippen LogP contribution in [0.25, 0.3) is 0 Å². The molecule has 3 heteroatoms. The first-order valence-corrected chi connectivity index (χ1v) is 3.46. The molecule has 0 nitrogen and oxygen atoms in total. The third kappa shape index (κ3) is 1.67. The Morgan fingerprint density at radius 3 is 2.56 bits per heavy atom. The van der Waals surface area contributed by atoms with E-state index in [9.17, 15) is 4.39 Å². The number of rotatable bonds is 0. The molecule has 0 fully saturated rings. The Morgan fingerprint density at radius 1 is 1.44 bits per heavy atom. The lowest BCUT2D eigenvalue weighted by molar-refractivity contribution is 0.603. The quantitative estimate of drug-likeness (QED) is 0.432. The zero-order valence-corrected chi connectivity index (χ0v) is 6.68. The van der Waals surface area contributed by atoms with E-state index in [0.717, 1.165) is 5.30 Å². The Morgan fingerprint density at radius 2 is 2.11 bits per heavy atom. The van der Waals surface area contributed by atoms with E-state index in [1.54, 1.807) is 12.1 Å². The molecular weight excluding hydrogens is 154 g/mol. The Balaban J connectivity index is 3.17. The van der Waals surface area contributed by atoms with Gasteiger partial charge in [0, 0.05) is 4.90 Å². The van der Waals surface area contributed by atoms with Crippen molar-refractivity contribution in [3.63, 3.8) is 0 Å². The van der Waals surface area contributed by atoms with Crippen molar-refractivity contribution in [2.45, 2.75) is 4.90 Å².